The Kier molecular flexibility index (Phi) is 6.24. The summed E-state index contributed by atoms with van der Waals surface area (Å²) in [5.74, 6) is 0.280. The zero-order valence-electron chi connectivity index (χ0n) is 8.05. The van der Waals surface area contributed by atoms with Gasteiger partial charge in [-0.05, 0) is 24.1 Å². The maximum Gasteiger partial charge on any atom is 1.00 e. The molecule has 0 aromatic carbocycles. The summed E-state index contributed by atoms with van der Waals surface area (Å²) in [6, 6.07) is 1.55. The average Bonchev–Trinajstić information content (AvgIpc) is 2.01. The van der Waals surface area contributed by atoms with Crippen molar-refractivity contribution in [3.63, 3.8) is 0 Å². The largest absolute Gasteiger partial charge is 1.00 e. The number of aromatic nitrogens is 1. The minimum atomic E-state index is -4.84. The fourth-order valence-electron chi connectivity index (χ4n) is 0.884. The van der Waals surface area contributed by atoms with Gasteiger partial charge in [-0.2, -0.15) is 0 Å². The standard InChI is InChI=1S/C8H8BF3N.K/c1-7-6-13-5-3-8(7)2-4-9(10,11)12;/h2-6H,1H3;/q-1;+1/b4-2+;. The number of halogens is 3. The maximum atomic E-state index is 11.8. The zero-order valence-corrected chi connectivity index (χ0v) is 11.2. The van der Waals surface area contributed by atoms with Gasteiger partial charge in [0.05, 0.1) is 0 Å². The Labute approximate surface area is 123 Å². The number of pyridine rings is 1. The Bertz CT molecular complexity index is 325. The number of hydrogen-bond donors (Lipinski definition) is 0. The van der Waals surface area contributed by atoms with Crippen LogP contribution in [-0.2, 0) is 0 Å². The van der Waals surface area contributed by atoms with E-state index in [4.69, 9.17) is 0 Å². The molecule has 70 valence electrons. The Morgan fingerprint density at radius 2 is 2.00 bits per heavy atom. The first-order valence-electron chi connectivity index (χ1n) is 3.79. The van der Waals surface area contributed by atoms with Crippen LogP contribution in [0.4, 0.5) is 12.9 Å². The van der Waals surface area contributed by atoms with Crippen molar-refractivity contribution in [1.82, 2.24) is 4.98 Å². The fraction of sp³-hybridized carbons (Fsp3) is 0.125. The summed E-state index contributed by atoms with van der Waals surface area (Å²) >= 11 is 0. The number of hydrogen-bond acceptors (Lipinski definition) is 1. The summed E-state index contributed by atoms with van der Waals surface area (Å²) in [6.45, 7) is -3.13. The van der Waals surface area contributed by atoms with Gasteiger partial charge in [0.15, 0.2) is 0 Å². The summed E-state index contributed by atoms with van der Waals surface area (Å²) in [6.07, 6.45) is 4.07. The molecular weight excluding hydrogens is 217 g/mol. The second kappa shape index (κ2) is 6.07. The summed E-state index contributed by atoms with van der Waals surface area (Å²) < 4.78 is 35.5. The van der Waals surface area contributed by atoms with Crippen LogP contribution in [0.15, 0.2) is 24.4 Å². The van der Waals surface area contributed by atoms with Crippen molar-refractivity contribution in [1.29, 1.82) is 0 Å². The zero-order chi connectivity index (χ0) is 9.90. The summed E-state index contributed by atoms with van der Waals surface area (Å²) in [7, 11) is 0. The second-order valence-corrected chi connectivity index (χ2v) is 2.72. The van der Waals surface area contributed by atoms with Crippen LogP contribution in [-0.4, -0.2) is 12.0 Å². The molecule has 1 nitrogen and oxygen atoms in total. The fourth-order valence-corrected chi connectivity index (χ4v) is 0.884. The van der Waals surface area contributed by atoms with Crippen molar-refractivity contribution in [2.45, 2.75) is 6.92 Å². The Morgan fingerprint density at radius 1 is 1.36 bits per heavy atom. The van der Waals surface area contributed by atoms with Gasteiger partial charge in [0.25, 0.3) is 0 Å². The molecule has 14 heavy (non-hydrogen) atoms. The van der Waals surface area contributed by atoms with Crippen LogP contribution in [0.2, 0.25) is 0 Å². The van der Waals surface area contributed by atoms with Crippen molar-refractivity contribution >= 4 is 13.1 Å². The molecule has 0 N–H and O–H groups in total. The third kappa shape index (κ3) is 5.31. The van der Waals surface area contributed by atoms with Gasteiger partial charge in [-0.1, -0.05) is 6.08 Å². The molecule has 6 heteroatoms. The topological polar surface area (TPSA) is 12.9 Å². The normalized spacial score (nSPS) is 11.4. The van der Waals surface area contributed by atoms with Gasteiger partial charge in [0.1, 0.15) is 0 Å². The molecular formula is C8H8BF3KN. The number of nitrogens with zero attached hydrogens (tertiary/aromatic N) is 1. The maximum absolute atomic E-state index is 11.8. The van der Waals surface area contributed by atoms with Crippen LogP contribution in [0.3, 0.4) is 0 Å². The van der Waals surface area contributed by atoms with E-state index in [1.165, 1.54) is 12.4 Å². The average molecular weight is 225 g/mol. The van der Waals surface area contributed by atoms with Crippen LogP contribution in [0.1, 0.15) is 11.1 Å². The number of rotatable bonds is 2. The van der Waals surface area contributed by atoms with E-state index in [-0.39, 0.29) is 57.4 Å². The van der Waals surface area contributed by atoms with E-state index in [0.717, 1.165) is 11.6 Å². The third-order valence-corrected chi connectivity index (χ3v) is 1.56. The molecule has 0 saturated carbocycles. The van der Waals surface area contributed by atoms with E-state index in [0.29, 0.717) is 5.56 Å². The molecule has 0 aliphatic rings. The molecule has 1 aromatic rings. The first-order valence-corrected chi connectivity index (χ1v) is 3.79. The van der Waals surface area contributed by atoms with E-state index in [1.54, 1.807) is 13.0 Å². The molecule has 0 spiro atoms. The Balaban J connectivity index is 0.00000169. The van der Waals surface area contributed by atoms with Gasteiger partial charge >= 0.3 is 58.4 Å². The van der Waals surface area contributed by atoms with Crippen LogP contribution in [0, 0.1) is 6.92 Å². The van der Waals surface area contributed by atoms with Gasteiger partial charge in [-0.25, -0.2) is 0 Å². The monoisotopic (exact) mass is 225 g/mol. The van der Waals surface area contributed by atoms with Gasteiger partial charge < -0.3 is 12.9 Å². The quantitative estimate of drug-likeness (QED) is 0.635. The molecule has 0 fully saturated rings. The predicted molar refractivity (Wildman–Crippen MR) is 47.1 cm³/mol. The van der Waals surface area contributed by atoms with Crippen molar-refractivity contribution in [3.05, 3.63) is 35.6 Å². The van der Waals surface area contributed by atoms with Crippen LogP contribution >= 0.6 is 0 Å². The Hall–Kier alpha value is 0.381. The van der Waals surface area contributed by atoms with E-state index < -0.39 is 6.98 Å². The molecule has 0 bridgehead atoms. The first kappa shape index (κ1) is 14.4. The van der Waals surface area contributed by atoms with Gasteiger partial charge in [0, 0.05) is 12.4 Å². The molecule has 0 atom stereocenters. The minimum absolute atomic E-state index is 0. The van der Waals surface area contributed by atoms with Crippen LogP contribution < -0.4 is 51.4 Å². The summed E-state index contributed by atoms with van der Waals surface area (Å²) in [5, 5.41) is 0. The van der Waals surface area contributed by atoms with Crippen LogP contribution in [0.5, 0.6) is 0 Å². The molecule has 0 radical (unpaired) electrons. The van der Waals surface area contributed by atoms with Gasteiger partial charge in [-0.15, -0.1) is 5.98 Å². The number of aryl methyl sites for hydroxylation is 1. The molecule has 0 saturated heterocycles. The molecule has 1 heterocycles. The summed E-state index contributed by atoms with van der Waals surface area (Å²) in [5.41, 5.74) is 1.29. The second-order valence-electron chi connectivity index (χ2n) is 2.72. The van der Waals surface area contributed by atoms with E-state index in [9.17, 15) is 12.9 Å². The molecule has 0 amide bonds. The molecule has 0 unspecified atom stereocenters. The van der Waals surface area contributed by atoms with E-state index >= 15 is 0 Å². The SMILES string of the molecule is Cc1cnccc1/C=C/[B-](F)(F)F.[K+]. The smallest absolute Gasteiger partial charge is 0.445 e. The molecule has 0 aliphatic carbocycles. The predicted octanol–water partition coefficient (Wildman–Crippen LogP) is -0.206. The van der Waals surface area contributed by atoms with Crippen molar-refractivity contribution < 1.29 is 64.3 Å². The van der Waals surface area contributed by atoms with Gasteiger partial charge in [0.2, 0.25) is 0 Å². The molecule has 0 aliphatic heterocycles. The summed E-state index contributed by atoms with van der Waals surface area (Å²) in [4.78, 5) is 3.78. The molecule has 1 aromatic heterocycles. The van der Waals surface area contributed by atoms with E-state index in [1.807, 2.05) is 0 Å². The minimum Gasteiger partial charge on any atom is -0.445 e. The first-order chi connectivity index (χ1) is 5.99. The third-order valence-electron chi connectivity index (χ3n) is 1.56. The molecule has 1 rings (SSSR count). The Morgan fingerprint density at radius 3 is 2.50 bits per heavy atom. The van der Waals surface area contributed by atoms with Crippen molar-refractivity contribution in [3.8, 4) is 0 Å². The van der Waals surface area contributed by atoms with Crippen LogP contribution in [0.25, 0.3) is 6.08 Å². The van der Waals surface area contributed by atoms with Crippen molar-refractivity contribution in [2.24, 2.45) is 0 Å². The van der Waals surface area contributed by atoms with Crippen molar-refractivity contribution in [2.75, 3.05) is 0 Å². The van der Waals surface area contributed by atoms with E-state index in [2.05, 4.69) is 4.98 Å². The van der Waals surface area contributed by atoms with Gasteiger partial charge in [-0.3, -0.25) is 4.98 Å².